The summed E-state index contributed by atoms with van der Waals surface area (Å²) in [6.07, 6.45) is 7.29. The summed E-state index contributed by atoms with van der Waals surface area (Å²) in [5.41, 5.74) is 8.54. The maximum absolute atomic E-state index is 6.12. The summed E-state index contributed by atoms with van der Waals surface area (Å²) in [6.45, 7) is 3.57. The van der Waals surface area contributed by atoms with Crippen LogP contribution in [0.15, 0.2) is 29.0 Å². The molecule has 1 atom stereocenters. The van der Waals surface area contributed by atoms with Crippen LogP contribution in [0.5, 0.6) is 0 Å². The smallest absolute Gasteiger partial charge is 0.117 e. The summed E-state index contributed by atoms with van der Waals surface area (Å²) in [7, 11) is 1.98. The Kier molecular flexibility index (Phi) is 4.12. The lowest BCUT2D eigenvalue weighted by atomic mass is 10.0. The Bertz CT molecular complexity index is 571. The van der Waals surface area contributed by atoms with Gasteiger partial charge in [0.15, 0.2) is 0 Å². The predicted octanol–water partition coefficient (Wildman–Crippen LogP) is 2.24. The zero-order chi connectivity index (χ0) is 14.8. The van der Waals surface area contributed by atoms with E-state index in [1.807, 2.05) is 23.9 Å². The molecule has 1 unspecified atom stereocenters. The Hall–Kier alpha value is -1.59. The summed E-state index contributed by atoms with van der Waals surface area (Å²) in [4.78, 5) is 2.48. The minimum atomic E-state index is 0.214. The monoisotopic (exact) mass is 288 g/mol. The van der Waals surface area contributed by atoms with Crippen molar-refractivity contribution in [1.82, 2.24) is 14.7 Å². The molecule has 0 radical (unpaired) electrons. The number of nitrogens with two attached hydrogens (primary N) is 1. The third kappa shape index (κ3) is 3.04. The Morgan fingerprint density at radius 2 is 2.33 bits per heavy atom. The van der Waals surface area contributed by atoms with Gasteiger partial charge in [0.25, 0.3) is 0 Å². The van der Waals surface area contributed by atoms with Crippen molar-refractivity contribution in [3.63, 3.8) is 0 Å². The van der Waals surface area contributed by atoms with Crippen LogP contribution in [0.2, 0.25) is 0 Å². The third-order valence-corrected chi connectivity index (χ3v) is 4.19. The molecular formula is C16H24N4O. The van der Waals surface area contributed by atoms with Crippen molar-refractivity contribution in [2.24, 2.45) is 12.8 Å². The van der Waals surface area contributed by atoms with E-state index in [2.05, 4.69) is 23.1 Å². The van der Waals surface area contributed by atoms with E-state index in [0.29, 0.717) is 12.6 Å². The van der Waals surface area contributed by atoms with Gasteiger partial charge in [-0.05, 0) is 31.4 Å². The van der Waals surface area contributed by atoms with Crippen LogP contribution >= 0.6 is 0 Å². The van der Waals surface area contributed by atoms with E-state index in [4.69, 9.17) is 10.2 Å². The normalized spacial score (nSPS) is 16.6. The van der Waals surface area contributed by atoms with Crippen LogP contribution in [0.4, 0.5) is 0 Å². The topological polar surface area (TPSA) is 60.2 Å². The molecule has 1 aliphatic carbocycles. The van der Waals surface area contributed by atoms with Crippen LogP contribution in [0.3, 0.4) is 0 Å². The van der Waals surface area contributed by atoms with E-state index in [-0.39, 0.29) is 6.04 Å². The van der Waals surface area contributed by atoms with Crippen LogP contribution < -0.4 is 5.73 Å². The van der Waals surface area contributed by atoms with Crippen LogP contribution in [-0.4, -0.2) is 27.3 Å². The van der Waals surface area contributed by atoms with Gasteiger partial charge in [-0.1, -0.05) is 6.92 Å². The molecule has 2 N–H and O–H groups in total. The minimum absolute atomic E-state index is 0.214. The average Bonchev–Trinajstić information content (AvgIpc) is 3.07. The predicted molar refractivity (Wildman–Crippen MR) is 81.7 cm³/mol. The molecule has 1 aliphatic rings. The summed E-state index contributed by atoms with van der Waals surface area (Å²) in [5.74, 6) is 1.00. The van der Waals surface area contributed by atoms with Crippen molar-refractivity contribution >= 4 is 0 Å². The van der Waals surface area contributed by atoms with E-state index >= 15 is 0 Å². The van der Waals surface area contributed by atoms with Gasteiger partial charge >= 0.3 is 0 Å². The second-order valence-electron chi connectivity index (χ2n) is 5.79. The van der Waals surface area contributed by atoms with Crippen LogP contribution in [0.1, 0.15) is 42.8 Å². The molecule has 2 aromatic rings. The average molecular weight is 288 g/mol. The summed E-state index contributed by atoms with van der Waals surface area (Å²) in [5, 5.41) is 4.57. The number of hydrogen-bond acceptors (Lipinski definition) is 4. The maximum atomic E-state index is 6.12. The van der Waals surface area contributed by atoms with E-state index in [0.717, 1.165) is 24.4 Å². The first-order valence-corrected chi connectivity index (χ1v) is 7.73. The molecule has 3 rings (SSSR count). The second-order valence-corrected chi connectivity index (χ2v) is 5.79. The number of hydrogen-bond donors (Lipinski definition) is 1. The van der Waals surface area contributed by atoms with Gasteiger partial charge in [0.1, 0.15) is 5.76 Å². The third-order valence-electron chi connectivity index (χ3n) is 4.19. The molecule has 0 spiro atoms. The fourth-order valence-electron chi connectivity index (χ4n) is 3.03. The standard InChI is InChI=1S/C16H24N4O/c1-3-15-14(11-19(2)18-15)16(9-17)20(12-6-7-12)10-13-5-4-8-21-13/h4-5,8,11-12,16H,3,6-7,9-10,17H2,1-2H3. The van der Waals surface area contributed by atoms with Crippen molar-refractivity contribution in [2.75, 3.05) is 6.54 Å². The van der Waals surface area contributed by atoms with Gasteiger partial charge in [-0.2, -0.15) is 5.10 Å². The van der Waals surface area contributed by atoms with E-state index in [1.165, 1.54) is 18.4 Å². The summed E-state index contributed by atoms with van der Waals surface area (Å²) < 4.78 is 7.43. The van der Waals surface area contributed by atoms with Gasteiger partial charge in [0.2, 0.25) is 0 Å². The van der Waals surface area contributed by atoms with Crippen LogP contribution in [0, 0.1) is 0 Å². The first-order valence-electron chi connectivity index (χ1n) is 7.73. The van der Waals surface area contributed by atoms with Crippen molar-refractivity contribution in [3.8, 4) is 0 Å². The maximum Gasteiger partial charge on any atom is 0.117 e. The van der Waals surface area contributed by atoms with Crippen molar-refractivity contribution in [1.29, 1.82) is 0 Å². The SMILES string of the molecule is CCc1nn(C)cc1C(CN)N(Cc1ccco1)C1CC1. The van der Waals surface area contributed by atoms with Gasteiger partial charge < -0.3 is 10.2 Å². The minimum Gasteiger partial charge on any atom is -0.468 e. The van der Waals surface area contributed by atoms with Gasteiger partial charge in [-0.25, -0.2) is 0 Å². The molecule has 21 heavy (non-hydrogen) atoms. The van der Waals surface area contributed by atoms with Crippen LogP contribution in [-0.2, 0) is 20.0 Å². The zero-order valence-electron chi connectivity index (χ0n) is 12.8. The molecule has 5 nitrogen and oxygen atoms in total. The Morgan fingerprint density at radius 3 is 2.90 bits per heavy atom. The highest BCUT2D eigenvalue weighted by Crippen LogP contribution is 2.36. The highest BCUT2D eigenvalue weighted by Gasteiger charge is 2.35. The lowest BCUT2D eigenvalue weighted by Crippen LogP contribution is -2.35. The van der Waals surface area contributed by atoms with Gasteiger partial charge in [0, 0.05) is 31.4 Å². The molecule has 2 aromatic heterocycles. The number of nitrogens with zero attached hydrogens (tertiary/aromatic N) is 3. The molecule has 2 heterocycles. The molecule has 1 saturated carbocycles. The molecule has 114 valence electrons. The molecule has 5 heteroatoms. The van der Waals surface area contributed by atoms with E-state index in [1.54, 1.807) is 6.26 Å². The number of aromatic nitrogens is 2. The summed E-state index contributed by atoms with van der Waals surface area (Å²) in [6, 6.07) is 4.81. The van der Waals surface area contributed by atoms with Crippen molar-refractivity contribution in [2.45, 2.75) is 44.8 Å². The first-order chi connectivity index (χ1) is 10.2. The fourth-order valence-corrected chi connectivity index (χ4v) is 3.03. The van der Waals surface area contributed by atoms with E-state index < -0.39 is 0 Å². The van der Waals surface area contributed by atoms with E-state index in [9.17, 15) is 0 Å². The Morgan fingerprint density at radius 1 is 1.52 bits per heavy atom. The molecule has 0 amide bonds. The van der Waals surface area contributed by atoms with Crippen molar-refractivity contribution in [3.05, 3.63) is 41.6 Å². The fraction of sp³-hybridized carbons (Fsp3) is 0.562. The largest absolute Gasteiger partial charge is 0.468 e. The molecule has 0 bridgehead atoms. The number of aryl methyl sites for hydroxylation is 2. The van der Waals surface area contributed by atoms with Gasteiger partial charge in [-0.3, -0.25) is 9.58 Å². The molecule has 1 fully saturated rings. The number of furan rings is 1. The molecule has 0 aromatic carbocycles. The molecule has 0 aliphatic heterocycles. The Balaban J connectivity index is 1.87. The lowest BCUT2D eigenvalue weighted by molar-refractivity contribution is 0.167. The Labute approximate surface area is 125 Å². The highest BCUT2D eigenvalue weighted by molar-refractivity contribution is 5.23. The molecular weight excluding hydrogens is 264 g/mol. The quantitative estimate of drug-likeness (QED) is 0.849. The zero-order valence-corrected chi connectivity index (χ0v) is 12.8. The highest BCUT2D eigenvalue weighted by atomic mass is 16.3. The number of rotatable bonds is 7. The lowest BCUT2D eigenvalue weighted by Gasteiger charge is -2.30. The van der Waals surface area contributed by atoms with Crippen LogP contribution in [0.25, 0.3) is 0 Å². The molecule has 0 saturated heterocycles. The second kappa shape index (κ2) is 6.03. The van der Waals surface area contributed by atoms with Gasteiger partial charge in [0.05, 0.1) is 24.5 Å². The summed E-state index contributed by atoms with van der Waals surface area (Å²) >= 11 is 0. The first kappa shape index (κ1) is 14.4. The van der Waals surface area contributed by atoms with Gasteiger partial charge in [-0.15, -0.1) is 0 Å². The van der Waals surface area contributed by atoms with Crippen molar-refractivity contribution < 1.29 is 4.42 Å².